The number of hydrogen-bond donors (Lipinski definition) is 0. The number of anilines is 1. The van der Waals surface area contributed by atoms with E-state index in [1.807, 2.05) is 12.1 Å². The fraction of sp³-hybridized carbons (Fsp3) is 0.462. The van der Waals surface area contributed by atoms with Gasteiger partial charge in [0.1, 0.15) is 0 Å². The maximum Gasteiger partial charge on any atom is 0.304 e. The van der Waals surface area contributed by atoms with Gasteiger partial charge in [0.05, 0.1) is 31.4 Å². The molecule has 1 fully saturated rings. The summed E-state index contributed by atoms with van der Waals surface area (Å²) in [6, 6.07) is 10.8. The lowest BCUT2D eigenvalue weighted by Gasteiger charge is -2.32. The zero-order valence-corrected chi connectivity index (χ0v) is 11.9. The van der Waals surface area contributed by atoms with Crippen molar-refractivity contribution in [3.63, 3.8) is 0 Å². The van der Waals surface area contributed by atoms with E-state index < -0.39 is 10.2 Å². The highest BCUT2D eigenvalue weighted by Crippen LogP contribution is 2.21. The lowest BCUT2D eigenvalue weighted by atomic mass is 10.3. The Bertz CT molecular complexity index is 562. The molecular formula is C13H17N3O3S. The van der Waals surface area contributed by atoms with E-state index in [4.69, 9.17) is 10.00 Å². The highest BCUT2D eigenvalue weighted by Gasteiger charge is 2.30. The zero-order valence-electron chi connectivity index (χ0n) is 11.1. The third-order valence-electron chi connectivity index (χ3n) is 3.05. The molecule has 0 N–H and O–H groups in total. The minimum absolute atomic E-state index is 0.151. The summed E-state index contributed by atoms with van der Waals surface area (Å²) in [4.78, 5) is 0. The first-order chi connectivity index (χ1) is 9.66. The van der Waals surface area contributed by atoms with E-state index in [0.29, 0.717) is 32.0 Å². The Hall–Kier alpha value is -1.62. The van der Waals surface area contributed by atoms with Crippen LogP contribution in [0, 0.1) is 11.3 Å². The lowest BCUT2D eigenvalue weighted by Crippen LogP contribution is -2.49. The molecule has 1 aliphatic rings. The average molecular weight is 295 g/mol. The minimum Gasteiger partial charge on any atom is -0.379 e. The predicted molar refractivity (Wildman–Crippen MR) is 75.3 cm³/mol. The van der Waals surface area contributed by atoms with Crippen LogP contribution in [0.3, 0.4) is 0 Å². The number of morpholine rings is 1. The number of nitrogens with zero attached hydrogens (tertiary/aromatic N) is 3. The highest BCUT2D eigenvalue weighted by molar-refractivity contribution is 7.90. The fourth-order valence-corrected chi connectivity index (χ4v) is 3.64. The van der Waals surface area contributed by atoms with Crippen LogP contribution in [-0.4, -0.2) is 45.6 Å². The largest absolute Gasteiger partial charge is 0.379 e. The van der Waals surface area contributed by atoms with E-state index in [1.54, 1.807) is 24.3 Å². The van der Waals surface area contributed by atoms with Crippen molar-refractivity contribution in [1.82, 2.24) is 4.31 Å². The second-order valence-electron chi connectivity index (χ2n) is 4.33. The SMILES string of the molecule is N#CCCN(c1ccccc1)S(=O)(=O)N1CCOCC1. The van der Waals surface area contributed by atoms with Crippen molar-refractivity contribution in [1.29, 1.82) is 5.26 Å². The summed E-state index contributed by atoms with van der Waals surface area (Å²) in [6.07, 6.45) is 0.151. The van der Waals surface area contributed by atoms with Crippen LogP contribution in [0.1, 0.15) is 6.42 Å². The summed E-state index contributed by atoms with van der Waals surface area (Å²) in [5.41, 5.74) is 0.578. The molecule has 0 amide bonds. The van der Waals surface area contributed by atoms with Crippen molar-refractivity contribution in [2.75, 3.05) is 37.2 Å². The summed E-state index contributed by atoms with van der Waals surface area (Å²) in [5.74, 6) is 0. The van der Waals surface area contributed by atoms with Crippen LogP contribution in [-0.2, 0) is 14.9 Å². The second kappa shape index (κ2) is 6.70. The molecule has 1 saturated heterocycles. The monoisotopic (exact) mass is 295 g/mol. The van der Waals surface area contributed by atoms with Crippen LogP contribution >= 0.6 is 0 Å². The number of ether oxygens (including phenoxy) is 1. The number of hydrogen-bond acceptors (Lipinski definition) is 4. The molecule has 1 aromatic carbocycles. The van der Waals surface area contributed by atoms with Crippen molar-refractivity contribution in [3.05, 3.63) is 30.3 Å². The first kappa shape index (κ1) is 14.8. The van der Waals surface area contributed by atoms with Gasteiger partial charge < -0.3 is 4.74 Å². The molecule has 7 heteroatoms. The van der Waals surface area contributed by atoms with Gasteiger partial charge in [-0.15, -0.1) is 0 Å². The molecule has 1 heterocycles. The van der Waals surface area contributed by atoms with Crippen LogP contribution < -0.4 is 4.31 Å². The molecule has 0 aromatic heterocycles. The Labute approximate surface area is 119 Å². The number of rotatable bonds is 5. The van der Waals surface area contributed by atoms with Gasteiger partial charge >= 0.3 is 10.2 Å². The molecule has 2 rings (SSSR count). The van der Waals surface area contributed by atoms with Gasteiger partial charge in [-0.05, 0) is 12.1 Å². The van der Waals surface area contributed by atoms with E-state index in [2.05, 4.69) is 0 Å². The van der Waals surface area contributed by atoms with E-state index in [9.17, 15) is 8.42 Å². The Morgan fingerprint density at radius 2 is 1.90 bits per heavy atom. The van der Waals surface area contributed by atoms with Crippen LogP contribution in [0.15, 0.2) is 30.3 Å². The molecule has 0 atom stereocenters. The maximum atomic E-state index is 12.7. The van der Waals surface area contributed by atoms with Gasteiger partial charge in [0.25, 0.3) is 0 Å². The molecule has 0 spiro atoms. The molecule has 6 nitrogen and oxygen atoms in total. The average Bonchev–Trinajstić information content (AvgIpc) is 2.49. The molecule has 1 aliphatic heterocycles. The summed E-state index contributed by atoms with van der Waals surface area (Å²) in [7, 11) is -3.61. The Balaban J connectivity index is 2.28. The van der Waals surface area contributed by atoms with Crippen molar-refractivity contribution < 1.29 is 13.2 Å². The quantitative estimate of drug-likeness (QED) is 0.811. The van der Waals surface area contributed by atoms with Crippen LogP contribution in [0.5, 0.6) is 0 Å². The van der Waals surface area contributed by atoms with E-state index in [0.717, 1.165) is 0 Å². The third kappa shape index (κ3) is 3.28. The van der Waals surface area contributed by atoms with Crippen molar-refractivity contribution in [2.24, 2.45) is 0 Å². The molecule has 108 valence electrons. The second-order valence-corrected chi connectivity index (χ2v) is 6.19. The lowest BCUT2D eigenvalue weighted by molar-refractivity contribution is 0.0729. The smallest absolute Gasteiger partial charge is 0.304 e. The van der Waals surface area contributed by atoms with Crippen LogP contribution in [0.4, 0.5) is 5.69 Å². The maximum absolute atomic E-state index is 12.7. The number of benzene rings is 1. The fourth-order valence-electron chi connectivity index (χ4n) is 2.04. The van der Waals surface area contributed by atoms with Gasteiger partial charge in [-0.2, -0.15) is 18.0 Å². The molecule has 0 aliphatic carbocycles. The summed E-state index contributed by atoms with van der Waals surface area (Å²) in [6.45, 7) is 1.65. The van der Waals surface area contributed by atoms with Crippen molar-refractivity contribution in [3.8, 4) is 6.07 Å². The predicted octanol–water partition coefficient (Wildman–Crippen LogP) is 0.984. The first-order valence-corrected chi connectivity index (χ1v) is 7.83. The summed E-state index contributed by atoms with van der Waals surface area (Å²) < 4.78 is 33.2. The Morgan fingerprint density at radius 1 is 1.25 bits per heavy atom. The molecule has 0 radical (unpaired) electrons. The van der Waals surface area contributed by atoms with Gasteiger partial charge in [-0.3, -0.25) is 4.31 Å². The minimum atomic E-state index is -3.61. The standard InChI is InChI=1S/C13H17N3O3S/c14-7-4-8-16(13-5-2-1-3-6-13)20(17,18)15-9-11-19-12-10-15/h1-3,5-6H,4,8-12H2. The highest BCUT2D eigenvalue weighted by atomic mass is 32.2. The Morgan fingerprint density at radius 3 is 2.50 bits per heavy atom. The molecule has 0 bridgehead atoms. The van der Waals surface area contributed by atoms with E-state index >= 15 is 0 Å². The molecule has 20 heavy (non-hydrogen) atoms. The molecule has 1 aromatic rings. The van der Waals surface area contributed by atoms with Crippen molar-refractivity contribution in [2.45, 2.75) is 6.42 Å². The number of para-hydroxylation sites is 1. The van der Waals surface area contributed by atoms with Gasteiger partial charge in [-0.25, -0.2) is 0 Å². The summed E-state index contributed by atoms with van der Waals surface area (Å²) in [5, 5.41) is 8.73. The topological polar surface area (TPSA) is 73.6 Å². The molecule has 0 unspecified atom stereocenters. The normalized spacial score (nSPS) is 16.6. The third-order valence-corrected chi connectivity index (χ3v) is 5.01. The Kier molecular flexibility index (Phi) is 4.95. The first-order valence-electron chi connectivity index (χ1n) is 6.44. The van der Waals surface area contributed by atoms with E-state index in [-0.39, 0.29) is 13.0 Å². The zero-order chi connectivity index (χ0) is 14.4. The molecule has 0 saturated carbocycles. The summed E-state index contributed by atoms with van der Waals surface area (Å²) >= 11 is 0. The van der Waals surface area contributed by atoms with Crippen molar-refractivity contribution >= 4 is 15.9 Å². The molecular weight excluding hydrogens is 278 g/mol. The van der Waals surface area contributed by atoms with Gasteiger partial charge in [0.15, 0.2) is 0 Å². The van der Waals surface area contributed by atoms with Gasteiger partial charge in [0, 0.05) is 19.6 Å². The van der Waals surface area contributed by atoms with Crippen LogP contribution in [0.2, 0.25) is 0 Å². The van der Waals surface area contributed by atoms with Gasteiger partial charge in [-0.1, -0.05) is 18.2 Å². The van der Waals surface area contributed by atoms with E-state index in [1.165, 1.54) is 8.61 Å². The van der Waals surface area contributed by atoms with Gasteiger partial charge in [0.2, 0.25) is 0 Å². The number of nitriles is 1. The van der Waals surface area contributed by atoms with Crippen LogP contribution in [0.25, 0.3) is 0 Å².